The average molecular weight is 428 g/mol. The molecule has 4 aromatic rings. The summed E-state index contributed by atoms with van der Waals surface area (Å²) in [6.45, 7) is 0.132. The molecule has 0 saturated heterocycles. The number of nitriles is 1. The summed E-state index contributed by atoms with van der Waals surface area (Å²) in [6, 6.07) is 17.9. The molecule has 0 aliphatic rings. The van der Waals surface area contributed by atoms with Gasteiger partial charge >= 0.3 is 0 Å². The van der Waals surface area contributed by atoms with Crippen LogP contribution in [0.5, 0.6) is 0 Å². The van der Waals surface area contributed by atoms with Crippen LogP contribution in [0.4, 0.5) is 0 Å². The van der Waals surface area contributed by atoms with Gasteiger partial charge in [-0.05, 0) is 42.0 Å². The summed E-state index contributed by atoms with van der Waals surface area (Å²) in [5.74, 6) is -0.0272. The monoisotopic (exact) mass is 428 g/mol. The van der Waals surface area contributed by atoms with Gasteiger partial charge in [-0.3, -0.25) is 19.1 Å². The predicted octanol–water partition coefficient (Wildman–Crippen LogP) is 1.71. The number of benzene rings is 1. The number of furan rings is 1. The Kier molecular flexibility index (Phi) is 5.87. The molecule has 3 aromatic heterocycles. The molecule has 1 aromatic carbocycles. The van der Waals surface area contributed by atoms with Crippen LogP contribution in [-0.2, 0) is 11.3 Å². The van der Waals surface area contributed by atoms with Gasteiger partial charge in [0.2, 0.25) is 0 Å². The zero-order chi connectivity index (χ0) is 21.6. The summed E-state index contributed by atoms with van der Waals surface area (Å²) in [4.78, 5) is 30.1. The number of nitrogens with zero attached hydrogens (tertiary/aromatic N) is 3. The molecule has 0 saturated carbocycles. The fraction of sp³-hybridized carbons (Fsp3) is 0.0435. The van der Waals surface area contributed by atoms with E-state index in [9.17, 15) is 14.9 Å². The van der Waals surface area contributed by atoms with Crippen LogP contribution >= 0.6 is 11.3 Å². The van der Waals surface area contributed by atoms with Crippen molar-refractivity contribution in [2.75, 3.05) is 0 Å². The van der Waals surface area contributed by atoms with Gasteiger partial charge in [-0.2, -0.15) is 5.26 Å². The summed E-state index contributed by atoms with van der Waals surface area (Å²) in [5, 5.41) is 12.4. The highest BCUT2D eigenvalue weighted by Crippen LogP contribution is 2.05. The molecule has 1 amide bonds. The molecule has 0 aliphatic heterocycles. The number of amides is 1. The van der Waals surface area contributed by atoms with Crippen molar-refractivity contribution in [3.05, 3.63) is 104 Å². The van der Waals surface area contributed by atoms with Crippen LogP contribution in [0.25, 0.3) is 17.3 Å². The SMILES string of the molecule is N#CC(C(=O)NCc1ccco1)=c1sc(=Cc2cccnc2)c(=O)n1-c1ccccc1. The van der Waals surface area contributed by atoms with E-state index in [0.717, 1.165) is 16.9 Å². The first-order valence-electron chi connectivity index (χ1n) is 9.31. The highest BCUT2D eigenvalue weighted by molar-refractivity contribution is 7.07. The van der Waals surface area contributed by atoms with Gasteiger partial charge in [0.1, 0.15) is 16.5 Å². The molecule has 0 unspecified atom stereocenters. The van der Waals surface area contributed by atoms with Crippen molar-refractivity contribution in [3.63, 3.8) is 0 Å². The van der Waals surface area contributed by atoms with E-state index in [-0.39, 0.29) is 22.3 Å². The lowest BCUT2D eigenvalue weighted by Crippen LogP contribution is -2.33. The minimum atomic E-state index is -0.585. The third-order valence-electron chi connectivity index (χ3n) is 4.38. The molecule has 0 spiro atoms. The van der Waals surface area contributed by atoms with E-state index in [1.807, 2.05) is 18.2 Å². The molecule has 1 N–H and O–H groups in total. The number of thiazole rings is 1. The van der Waals surface area contributed by atoms with Crippen LogP contribution in [0.15, 0.2) is 82.5 Å². The molecule has 4 rings (SSSR count). The van der Waals surface area contributed by atoms with Crippen molar-refractivity contribution in [2.24, 2.45) is 0 Å². The molecule has 31 heavy (non-hydrogen) atoms. The van der Waals surface area contributed by atoms with E-state index in [0.29, 0.717) is 16.0 Å². The van der Waals surface area contributed by atoms with E-state index in [1.165, 1.54) is 10.8 Å². The van der Waals surface area contributed by atoms with Crippen LogP contribution in [0.1, 0.15) is 11.3 Å². The van der Waals surface area contributed by atoms with Crippen molar-refractivity contribution < 1.29 is 9.21 Å². The lowest BCUT2D eigenvalue weighted by Gasteiger charge is -2.04. The van der Waals surface area contributed by atoms with Crippen LogP contribution in [0, 0.1) is 11.3 Å². The number of nitrogens with one attached hydrogen (secondary N) is 1. The van der Waals surface area contributed by atoms with Crippen LogP contribution in [0.2, 0.25) is 0 Å². The molecule has 0 aliphatic carbocycles. The summed E-state index contributed by atoms with van der Waals surface area (Å²) < 4.78 is 7.24. The number of hydrogen-bond donors (Lipinski definition) is 1. The van der Waals surface area contributed by atoms with Crippen molar-refractivity contribution >= 4 is 28.9 Å². The molecule has 8 heteroatoms. The second kappa shape index (κ2) is 9.07. The normalized spacial score (nSPS) is 12.3. The molecule has 3 heterocycles. The summed E-state index contributed by atoms with van der Waals surface area (Å²) in [6.07, 6.45) is 6.48. The Bertz CT molecular complexity index is 1410. The van der Waals surface area contributed by atoms with E-state index in [2.05, 4.69) is 10.3 Å². The number of carbonyl (C=O) groups is 1. The van der Waals surface area contributed by atoms with Gasteiger partial charge in [-0.15, -0.1) is 11.3 Å². The van der Waals surface area contributed by atoms with E-state index in [4.69, 9.17) is 4.42 Å². The van der Waals surface area contributed by atoms with Gasteiger partial charge in [0, 0.05) is 12.4 Å². The maximum absolute atomic E-state index is 13.2. The Morgan fingerprint density at radius 1 is 1.19 bits per heavy atom. The standard InChI is InChI=1S/C23H16N4O3S/c24-13-19(21(28)26-15-18-9-5-11-30-18)23-27(17-7-2-1-3-8-17)22(29)20(31-23)12-16-6-4-10-25-14-16/h1-12,14H,15H2,(H,26,28). The second-order valence-electron chi connectivity index (χ2n) is 6.43. The van der Waals surface area contributed by atoms with Crippen LogP contribution in [0.3, 0.4) is 0 Å². The lowest BCUT2D eigenvalue weighted by atomic mass is 10.2. The maximum atomic E-state index is 13.2. The van der Waals surface area contributed by atoms with Crippen LogP contribution in [-0.4, -0.2) is 15.5 Å². The second-order valence-corrected chi connectivity index (χ2v) is 7.46. The molecular formula is C23H16N4O3S. The largest absolute Gasteiger partial charge is 0.467 e. The van der Waals surface area contributed by atoms with Crippen molar-refractivity contribution in [1.82, 2.24) is 14.9 Å². The molecule has 0 radical (unpaired) electrons. The minimum Gasteiger partial charge on any atom is -0.467 e. The Balaban J connectivity index is 1.89. The van der Waals surface area contributed by atoms with Gasteiger partial charge in [0.25, 0.3) is 11.5 Å². The number of pyridine rings is 1. The summed E-state index contributed by atoms with van der Waals surface area (Å²) >= 11 is 1.08. The van der Waals surface area contributed by atoms with Crippen LogP contribution < -0.4 is 20.1 Å². The molecular weight excluding hydrogens is 412 g/mol. The Morgan fingerprint density at radius 3 is 2.71 bits per heavy atom. The van der Waals surface area contributed by atoms with Gasteiger partial charge in [0.15, 0.2) is 5.57 Å². The van der Waals surface area contributed by atoms with Gasteiger partial charge in [0.05, 0.1) is 23.0 Å². The highest BCUT2D eigenvalue weighted by Gasteiger charge is 2.17. The third-order valence-corrected chi connectivity index (χ3v) is 5.47. The first kappa shape index (κ1) is 20.1. The zero-order valence-corrected chi connectivity index (χ0v) is 17.0. The molecule has 7 nitrogen and oxygen atoms in total. The van der Waals surface area contributed by atoms with Gasteiger partial charge in [-0.25, -0.2) is 0 Å². The summed E-state index contributed by atoms with van der Waals surface area (Å²) in [7, 11) is 0. The fourth-order valence-corrected chi connectivity index (χ4v) is 4.04. The first-order chi connectivity index (χ1) is 15.2. The molecule has 152 valence electrons. The number of rotatable bonds is 5. The molecule has 0 bridgehead atoms. The Hall–Kier alpha value is -4.22. The van der Waals surface area contributed by atoms with E-state index < -0.39 is 5.91 Å². The maximum Gasteiger partial charge on any atom is 0.273 e. The highest BCUT2D eigenvalue weighted by atomic mass is 32.1. The summed E-state index contributed by atoms with van der Waals surface area (Å²) in [5.41, 5.74) is 0.842. The number of hydrogen-bond acceptors (Lipinski definition) is 6. The van der Waals surface area contributed by atoms with Crippen molar-refractivity contribution in [1.29, 1.82) is 5.26 Å². The number of carbonyl (C=O) groups excluding carboxylic acids is 1. The average Bonchev–Trinajstić information content (AvgIpc) is 3.43. The number of aromatic nitrogens is 2. The lowest BCUT2D eigenvalue weighted by molar-refractivity contribution is -0.115. The predicted molar refractivity (Wildman–Crippen MR) is 117 cm³/mol. The van der Waals surface area contributed by atoms with Gasteiger partial charge < -0.3 is 9.73 Å². The van der Waals surface area contributed by atoms with E-state index in [1.54, 1.807) is 60.9 Å². The first-order valence-corrected chi connectivity index (χ1v) is 10.1. The Morgan fingerprint density at radius 2 is 2.03 bits per heavy atom. The molecule has 0 fully saturated rings. The van der Waals surface area contributed by atoms with Crippen molar-refractivity contribution in [3.8, 4) is 11.8 Å². The quantitative estimate of drug-likeness (QED) is 0.522. The van der Waals surface area contributed by atoms with Gasteiger partial charge in [-0.1, -0.05) is 24.3 Å². The number of para-hydroxylation sites is 1. The van der Waals surface area contributed by atoms with Crippen molar-refractivity contribution in [2.45, 2.75) is 6.54 Å². The third kappa shape index (κ3) is 4.37. The smallest absolute Gasteiger partial charge is 0.273 e. The fourth-order valence-electron chi connectivity index (χ4n) is 2.94. The topological polar surface area (TPSA) is 101 Å². The molecule has 0 atom stereocenters. The zero-order valence-electron chi connectivity index (χ0n) is 16.2. The Labute approximate surface area is 180 Å². The van der Waals surface area contributed by atoms with E-state index >= 15 is 0 Å². The minimum absolute atomic E-state index is 0.132.